The lowest BCUT2D eigenvalue weighted by atomic mass is 10.1. The second-order valence-electron chi connectivity index (χ2n) is 6.10. The van der Waals surface area contributed by atoms with Crippen LogP contribution in [0.5, 0.6) is 0 Å². The van der Waals surface area contributed by atoms with Gasteiger partial charge in [-0.1, -0.05) is 47.7 Å². The molecule has 4 rings (SSSR count). The van der Waals surface area contributed by atoms with Gasteiger partial charge in [-0.05, 0) is 32.0 Å². The van der Waals surface area contributed by atoms with Gasteiger partial charge in [-0.25, -0.2) is 0 Å². The zero-order valence-corrected chi connectivity index (χ0v) is 15.1. The molecule has 2 amide bonds. The summed E-state index contributed by atoms with van der Waals surface area (Å²) in [5, 5.41) is 11.4. The summed E-state index contributed by atoms with van der Waals surface area (Å²) in [6, 6.07) is 15.0. The van der Waals surface area contributed by atoms with E-state index in [1.165, 1.54) is 11.8 Å². The Hall–Kier alpha value is -2.93. The summed E-state index contributed by atoms with van der Waals surface area (Å²) >= 11 is 1.33. The highest BCUT2D eigenvalue weighted by Crippen LogP contribution is 2.32. The Kier molecular flexibility index (Phi) is 4.08. The Morgan fingerprint density at radius 2 is 1.77 bits per heavy atom. The van der Waals surface area contributed by atoms with E-state index in [4.69, 9.17) is 0 Å². The molecular weight excluding hydrogens is 348 g/mol. The van der Waals surface area contributed by atoms with Crippen LogP contribution in [0.3, 0.4) is 0 Å². The second kappa shape index (κ2) is 6.42. The normalized spacial score (nSPS) is 22.2. The topological polar surface area (TPSA) is 74.1 Å². The molecule has 2 aliphatic heterocycles. The summed E-state index contributed by atoms with van der Waals surface area (Å²) in [5.41, 5.74) is 3.54. The number of amides is 2. The van der Waals surface area contributed by atoms with Gasteiger partial charge in [0.05, 0.1) is 16.6 Å². The fraction of sp³-hybridized carbons (Fsp3) is 0.158. The molecule has 1 N–H and O–H groups in total. The Morgan fingerprint density at radius 3 is 2.54 bits per heavy atom. The first-order valence-electron chi connectivity index (χ1n) is 8.18. The van der Waals surface area contributed by atoms with E-state index in [2.05, 4.69) is 15.5 Å². The number of aryl methyl sites for hydroxylation is 1. The minimum Gasteiger partial charge on any atom is -0.320 e. The van der Waals surface area contributed by atoms with Gasteiger partial charge in [0.25, 0.3) is 5.91 Å². The molecule has 6 nitrogen and oxygen atoms in total. The summed E-state index contributed by atoms with van der Waals surface area (Å²) in [6.07, 6.45) is 0. The van der Waals surface area contributed by atoms with E-state index in [9.17, 15) is 9.59 Å². The van der Waals surface area contributed by atoms with Crippen LogP contribution in [-0.4, -0.2) is 27.9 Å². The summed E-state index contributed by atoms with van der Waals surface area (Å²) < 4.78 is 0. The predicted octanol–water partition coefficient (Wildman–Crippen LogP) is 3.18. The van der Waals surface area contributed by atoms with Crippen molar-refractivity contribution in [3.05, 3.63) is 59.7 Å². The van der Waals surface area contributed by atoms with Gasteiger partial charge in [-0.3, -0.25) is 14.5 Å². The molecule has 0 aromatic heterocycles. The van der Waals surface area contributed by atoms with Gasteiger partial charge in [0.2, 0.25) is 5.91 Å². The van der Waals surface area contributed by atoms with Crippen molar-refractivity contribution in [3.8, 4) is 0 Å². The van der Waals surface area contributed by atoms with Crippen molar-refractivity contribution in [2.45, 2.75) is 19.1 Å². The van der Waals surface area contributed by atoms with Crippen LogP contribution in [0.25, 0.3) is 0 Å². The lowest BCUT2D eigenvalue weighted by Crippen LogP contribution is -2.31. The molecule has 0 aliphatic carbocycles. The largest absolute Gasteiger partial charge is 0.320 e. The third-order valence-corrected chi connectivity index (χ3v) is 5.25. The molecule has 130 valence electrons. The van der Waals surface area contributed by atoms with Crippen molar-refractivity contribution >= 4 is 45.8 Å². The number of fused-ring (bicyclic) bond motifs is 1. The van der Waals surface area contributed by atoms with Gasteiger partial charge < -0.3 is 5.32 Å². The number of nitrogens with zero attached hydrogens (tertiary/aromatic N) is 3. The van der Waals surface area contributed by atoms with E-state index in [0.29, 0.717) is 10.7 Å². The van der Waals surface area contributed by atoms with Crippen molar-refractivity contribution in [1.82, 2.24) is 0 Å². The number of thioether (sulfide) groups is 1. The number of carbonyl (C=O) groups is 2. The van der Waals surface area contributed by atoms with E-state index in [-0.39, 0.29) is 22.8 Å². The molecule has 0 radical (unpaired) electrons. The number of carbonyl (C=O) groups excluding carboxylic acids is 2. The number of amidine groups is 1. The molecule has 2 aliphatic rings. The smallest absolute Gasteiger partial charge is 0.276 e. The second-order valence-corrected chi connectivity index (χ2v) is 7.41. The molecule has 1 atom stereocenters. The van der Waals surface area contributed by atoms with Crippen LogP contribution in [0.15, 0.2) is 58.7 Å². The average Bonchev–Trinajstić information content (AvgIpc) is 3.10. The molecule has 1 fully saturated rings. The van der Waals surface area contributed by atoms with Gasteiger partial charge in [0.15, 0.2) is 10.9 Å². The maximum absolute atomic E-state index is 12.6. The number of hydrogen-bond acceptors (Lipinski definition) is 5. The van der Waals surface area contributed by atoms with Gasteiger partial charge in [-0.15, -0.1) is 10.2 Å². The van der Waals surface area contributed by atoms with Crippen LogP contribution in [-0.2, 0) is 9.59 Å². The predicted molar refractivity (Wildman–Crippen MR) is 105 cm³/mol. The Morgan fingerprint density at radius 1 is 1.04 bits per heavy atom. The molecule has 2 aromatic rings. The fourth-order valence-corrected chi connectivity index (χ4v) is 3.74. The van der Waals surface area contributed by atoms with Gasteiger partial charge in [0, 0.05) is 5.56 Å². The highest BCUT2D eigenvalue weighted by molar-refractivity contribution is 8.16. The number of hydrogen-bond donors (Lipinski definition) is 1. The number of nitrogens with one attached hydrogen (secondary N) is 1. The molecule has 0 spiro atoms. The Balaban J connectivity index is 1.72. The van der Waals surface area contributed by atoms with Crippen LogP contribution in [0.1, 0.15) is 18.1 Å². The zero-order chi connectivity index (χ0) is 18.3. The molecule has 0 saturated carbocycles. The number of rotatable bonds is 2. The van der Waals surface area contributed by atoms with Crippen molar-refractivity contribution < 1.29 is 9.59 Å². The highest BCUT2D eigenvalue weighted by Gasteiger charge is 2.36. The Bertz CT molecular complexity index is 966. The van der Waals surface area contributed by atoms with Gasteiger partial charge >= 0.3 is 0 Å². The third-order valence-electron chi connectivity index (χ3n) is 4.21. The number of para-hydroxylation sites is 1. The van der Waals surface area contributed by atoms with E-state index >= 15 is 0 Å². The first-order chi connectivity index (χ1) is 12.5. The molecule has 2 aromatic carbocycles. The van der Waals surface area contributed by atoms with Crippen molar-refractivity contribution in [1.29, 1.82) is 0 Å². The maximum atomic E-state index is 12.6. The minimum absolute atomic E-state index is 0.0472. The van der Waals surface area contributed by atoms with E-state index in [0.717, 1.165) is 16.9 Å². The quantitative estimate of drug-likeness (QED) is 0.832. The van der Waals surface area contributed by atoms with Crippen LogP contribution in [0.4, 0.5) is 11.4 Å². The third kappa shape index (κ3) is 2.80. The van der Waals surface area contributed by atoms with Crippen molar-refractivity contribution in [2.24, 2.45) is 10.2 Å². The lowest BCUT2D eigenvalue weighted by molar-refractivity contribution is -0.116. The summed E-state index contributed by atoms with van der Waals surface area (Å²) in [5.74, 6) is -0.339. The summed E-state index contributed by atoms with van der Waals surface area (Å²) in [4.78, 5) is 26.3. The molecule has 1 saturated heterocycles. The monoisotopic (exact) mass is 364 g/mol. The van der Waals surface area contributed by atoms with E-state index in [1.807, 2.05) is 62.4 Å². The van der Waals surface area contributed by atoms with Crippen LogP contribution < -0.4 is 10.2 Å². The SMILES string of the molecule is Cc1ccc(N2C(=O)C(C)S/C2=N\N=C2/C(=O)Nc3ccccc32)cc1. The number of anilines is 2. The molecule has 2 heterocycles. The molecular formula is C19H16N4O2S. The molecule has 0 bridgehead atoms. The van der Waals surface area contributed by atoms with Crippen molar-refractivity contribution in [2.75, 3.05) is 10.2 Å². The average molecular weight is 364 g/mol. The molecule has 7 heteroatoms. The van der Waals surface area contributed by atoms with Crippen LogP contribution in [0, 0.1) is 6.92 Å². The number of benzene rings is 2. The Labute approximate surface area is 155 Å². The minimum atomic E-state index is -0.292. The first kappa shape index (κ1) is 16.5. The van der Waals surface area contributed by atoms with Gasteiger partial charge in [0.1, 0.15) is 0 Å². The maximum Gasteiger partial charge on any atom is 0.276 e. The lowest BCUT2D eigenvalue weighted by Gasteiger charge is -2.15. The molecule has 1 unspecified atom stereocenters. The first-order valence-corrected chi connectivity index (χ1v) is 9.06. The van der Waals surface area contributed by atoms with Crippen LogP contribution >= 0.6 is 11.8 Å². The van der Waals surface area contributed by atoms with Crippen molar-refractivity contribution in [3.63, 3.8) is 0 Å². The van der Waals surface area contributed by atoms with E-state index in [1.54, 1.807) is 4.90 Å². The van der Waals surface area contributed by atoms with E-state index < -0.39 is 0 Å². The summed E-state index contributed by atoms with van der Waals surface area (Å²) in [6.45, 7) is 3.82. The van der Waals surface area contributed by atoms with Crippen LogP contribution in [0.2, 0.25) is 0 Å². The van der Waals surface area contributed by atoms with Gasteiger partial charge in [-0.2, -0.15) is 0 Å². The highest BCUT2D eigenvalue weighted by atomic mass is 32.2. The standard InChI is InChI=1S/C19H16N4O2S/c1-11-7-9-13(10-8-11)23-18(25)12(2)26-19(23)22-21-16-14-5-3-4-6-15(14)20-17(16)24/h3-10,12H,1-2H3,(H,20,21,24)/b22-19-. The zero-order valence-electron chi connectivity index (χ0n) is 14.3. The summed E-state index contributed by atoms with van der Waals surface area (Å²) in [7, 11) is 0. The molecule has 26 heavy (non-hydrogen) atoms. The fourth-order valence-electron chi connectivity index (χ4n) is 2.83.